The van der Waals surface area contributed by atoms with Crippen LogP contribution >= 0.6 is 0 Å². The molecule has 84 valence electrons. The molecule has 1 heterocycles. The minimum absolute atomic E-state index is 0.417. The number of piperidine rings is 1. The van der Waals surface area contributed by atoms with Gasteiger partial charge in [0, 0.05) is 6.54 Å². The van der Waals surface area contributed by atoms with Crippen molar-refractivity contribution < 1.29 is 0 Å². The number of nitrogens with zero attached hydrogens (tertiary/aromatic N) is 1. The van der Waals surface area contributed by atoms with Crippen molar-refractivity contribution in [2.45, 2.75) is 40.0 Å². The third-order valence-corrected chi connectivity index (χ3v) is 3.64. The van der Waals surface area contributed by atoms with Gasteiger partial charge in [-0.05, 0) is 43.8 Å². The molecule has 0 aromatic rings. The van der Waals surface area contributed by atoms with Crippen LogP contribution in [0.5, 0.6) is 0 Å². The maximum Gasteiger partial charge on any atom is 0.00358 e. The maximum absolute atomic E-state index is 5.81. The summed E-state index contributed by atoms with van der Waals surface area (Å²) < 4.78 is 0. The minimum Gasteiger partial charge on any atom is -0.330 e. The van der Waals surface area contributed by atoms with Gasteiger partial charge in [0.15, 0.2) is 0 Å². The zero-order valence-electron chi connectivity index (χ0n) is 10.1. The highest BCUT2D eigenvalue weighted by Gasteiger charge is 2.34. The molecule has 1 atom stereocenters. The normalized spacial score (nSPS) is 27.9. The van der Waals surface area contributed by atoms with Gasteiger partial charge >= 0.3 is 0 Å². The number of rotatable bonds is 4. The summed E-state index contributed by atoms with van der Waals surface area (Å²) >= 11 is 0. The Balaban J connectivity index is 2.41. The van der Waals surface area contributed by atoms with Crippen LogP contribution in [0.4, 0.5) is 0 Å². The van der Waals surface area contributed by atoms with Crippen LogP contribution in [0.3, 0.4) is 0 Å². The smallest absolute Gasteiger partial charge is 0.00358 e. The summed E-state index contributed by atoms with van der Waals surface area (Å²) in [6, 6.07) is 0. The van der Waals surface area contributed by atoms with Gasteiger partial charge in [0.2, 0.25) is 0 Å². The lowest BCUT2D eigenvalue weighted by Crippen LogP contribution is -2.48. The average Bonchev–Trinajstić information content (AvgIpc) is 2.13. The second kappa shape index (κ2) is 5.13. The molecule has 1 rings (SSSR count). The van der Waals surface area contributed by atoms with Crippen molar-refractivity contribution in [2.24, 2.45) is 17.1 Å². The molecule has 1 aliphatic heterocycles. The molecule has 1 aliphatic rings. The van der Waals surface area contributed by atoms with Crippen molar-refractivity contribution in [1.29, 1.82) is 0 Å². The lowest BCUT2D eigenvalue weighted by Gasteiger charge is -2.44. The van der Waals surface area contributed by atoms with E-state index in [0.29, 0.717) is 5.41 Å². The predicted octanol–water partition coefficient (Wildman–Crippen LogP) is 2.09. The van der Waals surface area contributed by atoms with E-state index in [1.54, 1.807) is 0 Å². The number of unbranched alkanes of at least 4 members (excludes halogenated alkanes) is 1. The van der Waals surface area contributed by atoms with E-state index in [1.807, 2.05) is 0 Å². The van der Waals surface area contributed by atoms with E-state index >= 15 is 0 Å². The molecule has 0 saturated carbocycles. The summed E-state index contributed by atoms with van der Waals surface area (Å²) in [6.07, 6.45) is 3.92. The van der Waals surface area contributed by atoms with Crippen LogP contribution in [0, 0.1) is 11.3 Å². The van der Waals surface area contributed by atoms with Crippen LogP contribution in [0.2, 0.25) is 0 Å². The number of likely N-dealkylation sites (tertiary alicyclic amines) is 1. The topological polar surface area (TPSA) is 29.3 Å². The van der Waals surface area contributed by atoms with Crippen LogP contribution in [0.15, 0.2) is 0 Å². The lowest BCUT2D eigenvalue weighted by molar-refractivity contribution is 0.0589. The molecular weight excluding hydrogens is 172 g/mol. The molecule has 1 saturated heterocycles. The molecule has 0 amide bonds. The summed E-state index contributed by atoms with van der Waals surface area (Å²) in [5.74, 6) is 0.723. The summed E-state index contributed by atoms with van der Waals surface area (Å²) in [5.41, 5.74) is 6.22. The Morgan fingerprint density at radius 1 is 1.43 bits per heavy atom. The molecule has 0 aromatic heterocycles. The molecule has 2 N–H and O–H groups in total. The Hall–Kier alpha value is -0.0800. The van der Waals surface area contributed by atoms with Gasteiger partial charge in [0.1, 0.15) is 0 Å². The molecule has 0 bridgehead atoms. The standard InChI is InChI=1S/C12H26N2/c1-4-5-7-14-8-6-11(9-13)12(2,3)10-14/h11H,4-10,13H2,1-3H3. The van der Waals surface area contributed by atoms with Crippen molar-refractivity contribution in [2.75, 3.05) is 26.2 Å². The Kier molecular flexibility index (Phi) is 4.39. The van der Waals surface area contributed by atoms with E-state index in [4.69, 9.17) is 5.73 Å². The van der Waals surface area contributed by atoms with Crippen LogP contribution in [0.1, 0.15) is 40.0 Å². The highest BCUT2D eigenvalue weighted by Crippen LogP contribution is 2.33. The fourth-order valence-electron chi connectivity index (χ4n) is 2.52. The third kappa shape index (κ3) is 2.96. The van der Waals surface area contributed by atoms with Gasteiger partial charge in [0.25, 0.3) is 0 Å². The molecule has 1 unspecified atom stereocenters. The maximum atomic E-state index is 5.81. The Morgan fingerprint density at radius 3 is 2.64 bits per heavy atom. The molecule has 0 radical (unpaired) electrons. The van der Waals surface area contributed by atoms with Gasteiger partial charge in [-0.25, -0.2) is 0 Å². The molecule has 14 heavy (non-hydrogen) atoms. The van der Waals surface area contributed by atoms with Crippen molar-refractivity contribution in [1.82, 2.24) is 4.90 Å². The molecule has 0 aliphatic carbocycles. The van der Waals surface area contributed by atoms with Crippen LogP contribution in [0.25, 0.3) is 0 Å². The highest BCUT2D eigenvalue weighted by atomic mass is 15.1. The first kappa shape index (κ1) is 12.0. The Bertz CT molecular complexity index is 166. The predicted molar refractivity (Wildman–Crippen MR) is 62.3 cm³/mol. The number of nitrogens with two attached hydrogens (primary N) is 1. The van der Waals surface area contributed by atoms with Crippen molar-refractivity contribution in [3.63, 3.8) is 0 Å². The van der Waals surface area contributed by atoms with Crippen molar-refractivity contribution in [3.8, 4) is 0 Å². The largest absolute Gasteiger partial charge is 0.330 e. The van der Waals surface area contributed by atoms with E-state index in [1.165, 1.54) is 38.9 Å². The first-order valence-corrected chi connectivity index (χ1v) is 6.02. The number of hydrogen-bond acceptors (Lipinski definition) is 2. The second-order valence-corrected chi connectivity index (χ2v) is 5.34. The van der Waals surface area contributed by atoms with E-state index in [0.717, 1.165) is 12.5 Å². The van der Waals surface area contributed by atoms with E-state index < -0.39 is 0 Å². The third-order valence-electron chi connectivity index (χ3n) is 3.64. The first-order valence-electron chi connectivity index (χ1n) is 6.02. The van der Waals surface area contributed by atoms with E-state index in [9.17, 15) is 0 Å². The molecule has 1 fully saturated rings. The molecule has 2 nitrogen and oxygen atoms in total. The quantitative estimate of drug-likeness (QED) is 0.749. The summed E-state index contributed by atoms with van der Waals surface area (Å²) in [7, 11) is 0. The number of hydrogen-bond donors (Lipinski definition) is 1. The van der Waals surface area contributed by atoms with Crippen molar-refractivity contribution >= 4 is 0 Å². The molecule has 0 spiro atoms. The SMILES string of the molecule is CCCCN1CCC(CN)C(C)(C)C1. The Morgan fingerprint density at radius 2 is 2.14 bits per heavy atom. The lowest BCUT2D eigenvalue weighted by atomic mass is 9.74. The monoisotopic (exact) mass is 198 g/mol. The minimum atomic E-state index is 0.417. The zero-order valence-corrected chi connectivity index (χ0v) is 10.1. The van der Waals surface area contributed by atoms with Gasteiger partial charge in [-0.3, -0.25) is 0 Å². The van der Waals surface area contributed by atoms with Gasteiger partial charge in [-0.2, -0.15) is 0 Å². The Labute approximate surface area is 88.8 Å². The van der Waals surface area contributed by atoms with Gasteiger partial charge in [-0.15, -0.1) is 0 Å². The van der Waals surface area contributed by atoms with Gasteiger partial charge < -0.3 is 10.6 Å². The fraction of sp³-hybridized carbons (Fsp3) is 1.00. The molecular formula is C12H26N2. The molecule has 2 heteroatoms. The van der Waals surface area contributed by atoms with Crippen LogP contribution in [-0.2, 0) is 0 Å². The van der Waals surface area contributed by atoms with E-state index in [2.05, 4.69) is 25.7 Å². The van der Waals surface area contributed by atoms with Crippen LogP contribution < -0.4 is 5.73 Å². The summed E-state index contributed by atoms with van der Waals surface area (Å²) in [4.78, 5) is 2.61. The van der Waals surface area contributed by atoms with E-state index in [-0.39, 0.29) is 0 Å². The fourth-order valence-corrected chi connectivity index (χ4v) is 2.52. The van der Waals surface area contributed by atoms with Gasteiger partial charge in [-0.1, -0.05) is 27.2 Å². The van der Waals surface area contributed by atoms with Gasteiger partial charge in [0.05, 0.1) is 0 Å². The summed E-state index contributed by atoms with van der Waals surface area (Å²) in [5, 5.41) is 0. The van der Waals surface area contributed by atoms with Crippen molar-refractivity contribution in [3.05, 3.63) is 0 Å². The highest BCUT2D eigenvalue weighted by molar-refractivity contribution is 4.87. The van der Waals surface area contributed by atoms with Crippen LogP contribution in [-0.4, -0.2) is 31.1 Å². The second-order valence-electron chi connectivity index (χ2n) is 5.34. The zero-order chi connectivity index (χ0) is 10.6. The average molecular weight is 198 g/mol. The summed E-state index contributed by atoms with van der Waals surface area (Å²) in [6.45, 7) is 11.6. The molecule has 0 aromatic carbocycles. The first-order chi connectivity index (χ1) is 6.60.